The molecular formula is C14H11IN2O. The SMILES string of the molecule is Cc1oc(/N=C/c2cccc(I)c2)c(C#N)c1C. The molecule has 0 saturated carbocycles. The highest BCUT2D eigenvalue weighted by atomic mass is 127. The van der Waals surface area contributed by atoms with Crippen LogP contribution in [0.3, 0.4) is 0 Å². The largest absolute Gasteiger partial charge is 0.442 e. The van der Waals surface area contributed by atoms with Crippen LogP contribution in [0, 0.1) is 28.7 Å². The van der Waals surface area contributed by atoms with Gasteiger partial charge in [-0.05, 0) is 54.1 Å². The fraction of sp³-hybridized carbons (Fsp3) is 0.143. The molecule has 0 bridgehead atoms. The van der Waals surface area contributed by atoms with Crippen LogP contribution in [0.1, 0.15) is 22.5 Å². The molecule has 0 aliphatic carbocycles. The summed E-state index contributed by atoms with van der Waals surface area (Å²) in [5.41, 5.74) is 2.35. The third-order valence-corrected chi connectivity index (χ3v) is 3.33. The van der Waals surface area contributed by atoms with Gasteiger partial charge in [-0.2, -0.15) is 5.26 Å². The maximum Gasteiger partial charge on any atom is 0.237 e. The monoisotopic (exact) mass is 350 g/mol. The Kier molecular flexibility index (Phi) is 3.82. The van der Waals surface area contributed by atoms with E-state index in [-0.39, 0.29) is 0 Å². The molecule has 1 heterocycles. The average Bonchev–Trinajstić information content (AvgIpc) is 2.62. The third-order valence-electron chi connectivity index (χ3n) is 2.66. The number of halogens is 1. The van der Waals surface area contributed by atoms with Gasteiger partial charge >= 0.3 is 0 Å². The maximum absolute atomic E-state index is 9.07. The quantitative estimate of drug-likeness (QED) is 0.604. The summed E-state index contributed by atoms with van der Waals surface area (Å²) in [6.45, 7) is 3.70. The molecule has 0 amide bonds. The van der Waals surface area contributed by atoms with E-state index in [9.17, 15) is 0 Å². The molecule has 0 radical (unpaired) electrons. The van der Waals surface area contributed by atoms with Crippen LogP contribution < -0.4 is 0 Å². The molecule has 2 aromatic rings. The zero-order chi connectivity index (χ0) is 13.1. The van der Waals surface area contributed by atoms with Crippen molar-refractivity contribution in [1.82, 2.24) is 0 Å². The van der Waals surface area contributed by atoms with Crippen molar-refractivity contribution >= 4 is 34.7 Å². The Hall–Kier alpha value is -1.61. The Balaban J connectivity index is 2.35. The van der Waals surface area contributed by atoms with E-state index in [1.807, 2.05) is 38.1 Å². The summed E-state index contributed by atoms with van der Waals surface area (Å²) in [5, 5.41) is 9.07. The van der Waals surface area contributed by atoms with Gasteiger partial charge in [-0.15, -0.1) is 0 Å². The van der Waals surface area contributed by atoms with E-state index in [2.05, 4.69) is 33.7 Å². The molecule has 0 fully saturated rings. The Bertz CT molecular complexity index is 650. The first-order chi connectivity index (χ1) is 8.61. The molecule has 0 N–H and O–H groups in total. The normalized spacial score (nSPS) is 10.8. The Morgan fingerprint density at radius 1 is 1.39 bits per heavy atom. The Morgan fingerprint density at radius 3 is 2.83 bits per heavy atom. The van der Waals surface area contributed by atoms with Crippen LogP contribution in [0.2, 0.25) is 0 Å². The number of aliphatic imine (C=N–C) groups is 1. The summed E-state index contributed by atoms with van der Waals surface area (Å²) in [7, 11) is 0. The van der Waals surface area contributed by atoms with Crippen LogP contribution in [0.4, 0.5) is 5.88 Å². The molecule has 0 aliphatic rings. The van der Waals surface area contributed by atoms with E-state index in [4.69, 9.17) is 9.68 Å². The van der Waals surface area contributed by atoms with Crippen molar-refractivity contribution in [3.63, 3.8) is 0 Å². The molecule has 0 saturated heterocycles. The molecule has 2 rings (SSSR count). The summed E-state index contributed by atoms with van der Waals surface area (Å²) in [6, 6.07) is 10.1. The van der Waals surface area contributed by atoms with Gasteiger partial charge in [0.15, 0.2) is 0 Å². The van der Waals surface area contributed by atoms with E-state index < -0.39 is 0 Å². The van der Waals surface area contributed by atoms with Crippen LogP contribution in [-0.2, 0) is 0 Å². The van der Waals surface area contributed by atoms with E-state index in [1.54, 1.807) is 6.21 Å². The first kappa shape index (κ1) is 12.8. The highest BCUT2D eigenvalue weighted by Crippen LogP contribution is 2.27. The third kappa shape index (κ3) is 2.62. The lowest BCUT2D eigenvalue weighted by Crippen LogP contribution is -1.81. The molecule has 1 aromatic heterocycles. The summed E-state index contributed by atoms with van der Waals surface area (Å²) in [5.74, 6) is 1.12. The minimum Gasteiger partial charge on any atom is -0.442 e. The average molecular weight is 350 g/mol. The van der Waals surface area contributed by atoms with Gasteiger partial charge in [0.2, 0.25) is 5.88 Å². The number of benzene rings is 1. The second kappa shape index (κ2) is 5.36. The van der Waals surface area contributed by atoms with Crippen molar-refractivity contribution in [2.75, 3.05) is 0 Å². The van der Waals surface area contributed by atoms with Gasteiger partial charge in [-0.1, -0.05) is 12.1 Å². The molecule has 4 heteroatoms. The van der Waals surface area contributed by atoms with Crippen LogP contribution in [0.25, 0.3) is 0 Å². The van der Waals surface area contributed by atoms with Crippen molar-refractivity contribution in [3.05, 3.63) is 50.3 Å². The molecule has 3 nitrogen and oxygen atoms in total. The summed E-state index contributed by atoms with van der Waals surface area (Å²) in [6.07, 6.45) is 1.71. The molecule has 18 heavy (non-hydrogen) atoms. The lowest BCUT2D eigenvalue weighted by molar-refractivity contribution is 0.542. The van der Waals surface area contributed by atoms with Crippen LogP contribution >= 0.6 is 22.6 Å². The van der Waals surface area contributed by atoms with Gasteiger partial charge in [0, 0.05) is 15.3 Å². The minimum absolute atomic E-state index is 0.381. The zero-order valence-electron chi connectivity index (χ0n) is 10.1. The number of nitrogens with zero attached hydrogens (tertiary/aromatic N) is 2. The van der Waals surface area contributed by atoms with Crippen molar-refractivity contribution in [2.45, 2.75) is 13.8 Å². The first-order valence-corrected chi connectivity index (χ1v) is 6.49. The number of nitriles is 1. The smallest absolute Gasteiger partial charge is 0.237 e. The van der Waals surface area contributed by atoms with E-state index >= 15 is 0 Å². The Labute approximate surface area is 119 Å². The molecule has 0 unspecified atom stereocenters. The maximum atomic E-state index is 9.07. The minimum atomic E-state index is 0.381. The van der Waals surface area contributed by atoms with Crippen molar-refractivity contribution < 1.29 is 4.42 Å². The van der Waals surface area contributed by atoms with E-state index in [0.717, 1.165) is 20.5 Å². The van der Waals surface area contributed by atoms with Gasteiger partial charge in [0.05, 0.1) is 0 Å². The number of hydrogen-bond acceptors (Lipinski definition) is 3. The molecule has 90 valence electrons. The highest BCUT2D eigenvalue weighted by molar-refractivity contribution is 14.1. The van der Waals surface area contributed by atoms with Crippen LogP contribution in [0.5, 0.6) is 0 Å². The van der Waals surface area contributed by atoms with Gasteiger partial charge in [-0.25, -0.2) is 4.99 Å². The topological polar surface area (TPSA) is 49.3 Å². The zero-order valence-corrected chi connectivity index (χ0v) is 12.2. The predicted molar refractivity (Wildman–Crippen MR) is 79.3 cm³/mol. The van der Waals surface area contributed by atoms with E-state index in [1.165, 1.54) is 0 Å². The summed E-state index contributed by atoms with van der Waals surface area (Å²) in [4.78, 5) is 4.25. The molecule has 1 aromatic carbocycles. The molecule has 0 atom stereocenters. The first-order valence-electron chi connectivity index (χ1n) is 5.41. The molecule has 0 spiro atoms. The summed E-state index contributed by atoms with van der Waals surface area (Å²) >= 11 is 2.25. The lowest BCUT2D eigenvalue weighted by Gasteiger charge is -1.93. The fourth-order valence-corrected chi connectivity index (χ4v) is 2.12. The van der Waals surface area contributed by atoms with Crippen molar-refractivity contribution in [3.8, 4) is 6.07 Å². The summed E-state index contributed by atoms with van der Waals surface area (Å²) < 4.78 is 6.61. The van der Waals surface area contributed by atoms with Crippen molar-refractivity contribution in [1.29, 1.82) is 5.26 Å². The van der Waals surface area contributed by atoms with Crippen LogP contribution in [-0.4, -0.2) is 6.21 Å². The van der Waals surface area contributed by atoms with Gasteiger partial charge < -0.3 is 4.42 Å². The number of hydrogen-bond donors (Lipinski definition) is 0. The second-order valence-corrected chi connectivity index (χ2v) is 5.13. The van der Waals surface area contributed by atoms with E-state index in [0.29, 0.717) is 11.4 Å². The molecular weight excluding hydrogens is 339 g/mol. The van der Waals surface area contributed by atoms with Gasteiger partial charge in [-0.3, -0.25) is 0 Å². The van der Waals surface area contributed by atoms with Crippen LogP contribution in [0.15, 0.2) is 33.7 Å². The predicted octanol–water partition coefficient (Wildman–Crippen LogP) is 4.12. The van der Waals surface area contributed by atoms with Gasteiger partial charge in [0.25, 0.3) is 0 Å². The highest BCUT2D eigenvalue weighted by Gasteiger charge is 2.12. The van der Waals surface area contributed by atoms with Gasteiger partial charge in [0.1, 0.15) is 17.4 Å². The lowest BCUT2D eigenvalue weighted by atomic mass is 10.2. The number of rotatable bonds is 2. The van der Waals surface area contributed by atoms with Crippen molar-refractivity contribution in [2.24, 2.45) is 4.99 Å². The second-order valence-electron chi connectivity index (χ2n) is 3.89. The number of aryl methyl sites for hydroxylation is 1. The standard InChI is InChI=1S/C14H11IN2O/c1-9-10(2)18-14(13(9)7-16)17-8-11-4-3-5-12(15)6-11/h3-6,8H,1-2H3/b17-8+. The molecule has 0 aliphatic heterocycles. The number of furan rings is 1. The fourth-order valence-electron chi connectivity index (χ4n) is 1.55. The Morgan fingerprint density at radius 2 is 2.17 bits per heavy atom.